The molecule has 0 aromatic heterocycles. The second-order valence-electron chi connectivity index (χ2n) is 5.14. The summed E-state index contributed by atoms with van der Waals surface area (Å²) in [6.07, 6.45) is 1.54. The molecule has 1 saturated heterocycles. The third-order valence-electron chi connectivity index (χ3n) is 3.66. The van der Waals surface area contributed by atoms with Crippen LogP contribution >= 0.6 is 0 Å². The molecule has 0 saturated carbocycles. The monoisotopic (exact) mass is 262 g/mol. The third kappa shape index (κ3) is 4.04. The lowest BCUT2D eigenvalue weighted by molar-refractivity contribution is 0.0804. The van der Waals surface area contributed by atoms with Gasteiger partial charge in [-0.2, -0.15) is 0 Å². The Morgan fingerprint density at radius 1 is 1.37 bits per heavy atom. The third-order valence-corrected chi connectivity index (χ3v) is 3.66. The van der Waals surface area contributed by atoms with Crippen LogP contribution in [0.5, 0.6) is 0 Å². The number of hydrogen-bond donors (Lipinski definition) is 2. The summed E-state index contributed by atoms with van der Waals surface area (Å²) < 4.78 is 0. The van der Waals surface area contributed by atoms with E-state index in [0.717, 1.165) is 43.6 Å². The van der Waals surface area contributed by atoms with Crippen LogP contribution in [0.2, 0.25) is 0 Å². The Morgan fingerprint density at radius 3 is 2.74 bits per heavy atom. The number of rotatable bonds is 4. The summed E-state index contributed by atoms with van der Waals surface area (Å²) in [4.78, 5) is 14.3. The van der Waals surface area contributed by atoms with E-state index in [1.54, 1.807) is 0 Å². The molecule has 19 heavy (non-hydrogen) atoms. The minimum atomic E-state index is -0.141. The number of carbonyl (C=O) groups excluding carboxylic acids is 1. The summed E-state index contributed by atoms with van der Waals surface area (Å²) in [7, 11) is 0. The van der Waals surface area contributed by atoms with Gasteiger partial charge in [0.2, 0.25) is 0 Å². The second-order valence-corrected chi connectivity index (χ2v) is 5.14. The Kier molecular flexibility index (Phi) is 4.93. The SMILES string of the molecule is Cc1ccccc1C(=O)NCCN1CCC(O)CC1. The second kappa shape index (κ2) is 6.68. The summed E-state index contributed by atoms with van der Waals surface area (Å²) in [6.45, 7) is 5.29. The molecule has 0 unspecified atom stereocenters. The molecule has 2 N–H and O–H groups in total. The maximum absolute atomic E-state index is 12.0. The summed E-state index contributed by atoms with van der Waals surface area (Å²) in [5.41, 5.74) is 1.75. The molecule has 1 aromatic carbocycles. The van der Waals surface area contributed by atoms with Crippen molar-refractivity contribution < 1.29 is 9.90 Å². The first-order chi connectivity index (χ1) is 9.16. The molecule has 1 amide bonds. The molecule has 4 heteroatoms. The van der Waals surface area contributed by atoms with Crippen LogP contribution in [0.3, 0.4) is 0 Å². The number of nitrogens with zero attached hydrogens (tertiary/aromatic N) is 1. The molecule has 4 nitrogen and oxygen atoms in total. The van der Waals surface area contributed by atoms with Crippen molar-refractivity contribution in [3.63, 3.8) is 0 Å². The van der Waals surface area contributed by atoms with E-state index < -0.39 is 0 Å². The molecule has 1 heterocycles. The van der Waals surface area contributed by atoms with Crippen LogP contribution in [0.15, 0.2) is 24.3 Å². The first kappa shape index (κ1) is 14.0. The van der Waals surface area contributed by atoms with E-state index in [2.05, 4.69) is 10.2 Å². The highest BCUT2D eigenvalue weighted by Gasteiger charge is 2.16. The maximum atomic E-state index is 12.0. The lowest BCUT2D eigenvalue weighted by atomic mass is 10.1. The van der Waals surface area contributed by atoms with Crippen LogP contribution in [0.25, 0.3) is 0 Å². The Hall–Kier alpha value is -1.39. The minimum Gasteiger partial charge on any atom is -0.393 e. The van der Waals surface area contributed by atoms with E-state index in [-0.39, 0.29) is 12.0 Å². The van der Waals surface area contributed by atoms with Gasteiger partial charge in [-0.15, -0.1) is 0 Å². The van der Waals surface area contributed by atoms with Gasteiger partial charge >= 0.3 is 0 Å². The largest absolute Gasteiger partial charge is 0.393 e. The summed E-state index contributed by atoms with van der Waals surface area (Å²) in [6, 6.07) is 7.61. The Balaban J connectivity index is 1.74. The highest BCUT2D eigenvalue weighted by Crippen LogP contribution is 2.09. The summed E-state index contributed by atoms with van der Waals surface area (Å²) >= 11 is 0. The topological polar surface area (TPSA) is 52.6 Å². The average Bonchev–Trinajstić information content (AvgIpc) is 2.41. The van der Waals surface area contributed by atoms with Crippen LogP contribution < -0.4 is 5.32 Å². The zero-order valence-corrected chi connectivity index (χ0v) is 11.4. The molecule has 0 bridgehead atoms. The van der Waals surface area contributed by atoms with E-state index in [1.165, 1.54) is 0 Å². The number of aliphatic hydroxyl groups excluding tert-OH is 1. The van der Waals surface area contributed by atoms with Gasteiger partial charge in [-0.1, -0.05) is 18.2 Å². The van der Waals surface area contributed by atoms with E-state index in [0.29, 0.717) is 6.54 Å². The van der Waals surface area contributed by atoms with Gasteiger partial charge in [0, 0.05) is 31.7 Å². The highest BCUT2D eigenvalue weighted by atomic mass is 16.3. The van der Waals surface area contributed by atoms with E-state index in [4.69, 9.17) is 0 Å². The van der Waals surface area contributed by atoms with Gasteiger partial charge in [-0.3, -0.25) is 4.79 Å². The van der Waals surface area contributed by atoms with Crippen LogP contribution in [0.1, 0.15) is 28.8 Å². The van der Waals surface area contributed by atoms with Gasteiger partial charge in [0.15, 0.2) is 0 Å². The van der Waals surface area contributed by atoms with Crippen molar-refractivity contribution in [2.75, 3.05) is 26.2 Å². The number of carbonyl (C=O) groups is 1. The highest BCUT2D eigenvalue weighted by molar-refractivity contribution is 5.95. The zero-order valence-electron chi connectivity index (χ0n) is 11.4. The molecule has 1 aliphatic heterocycles. The van der Waals surface area contributed by atoms with Crippen LogP contribution in [-0.4, -0.2) is 48.2 Å². The lowest BCUT2D eigenvalue weighted by Crippen LogP contribution is -2.40. The first-order valence-electron chi connectivity index (χ1n) is 6.91. The fourth-order valence-electron chi connectivity index (χ4n) is 2.39. The molecule has 0 radical (unpaired) electrons. The Morgan fingerprint density at radius 2 is 2.05 bits per heavy atom. The minimum absolute atomic E-state index is 0.00450. The predicted molar refractivity (Wildman–Crippen MR) is 75.2 cm³/mol. The molecule has 1 fully saturated rings. The maximum Gasteiger partial charge on any atom is 0.251 e. The molecular formula is C15H22N2O2. The Bertz CT molecular complexity index is 426. The van der Waals surface area contributed by atoms with Gasteiger partial charge in [0.1, 0.15) is 0 Å². The molecule has 1 aliphatic rings. The van der Waals surface area contributed by atoms with Crippen molar-refractivity contribution >= 4 is 5.91 Å². The molecule has 0 aliphatic carbocycles. The quantitative estimate of drug-likeness (QED) is 0.857. The van der Waals surface area contributed by atoms with Crippen molar-refractivity contribution in [2.45, 2.75) is 25.9 Å². The van der Waals surface area contributed by atoms with Crippen LogP contribution in [-0.2, 0) is 0 Å². The van der Waals surface area contributed by atoms with Crippen LogP contribution in [0.4, 0.5) is 0 Å². The molecule has 0 atom stereocenters. The first-order valence-corrected chi connectivity index (χ1v) is 6.91. The number of aliphatic hydroxyl groups is 1. The van der Waals surface area contributed by atoms with Gasteiger partial charge in [-0.05, 0) is 31.4 Å². The number of likely N-dealkylation sites (tertiary alicyclic amines) is 1. The number of amides is 1. The fourth-order valence-corrected chi connectivity index (χ4v) is 2.39. The molecular weight excluding hydrogens is 240 g/mol. The average molecular weight is 262 g/mol. The van der Waals surface area contributed by atoms with E-state index in [9.17, 15) is 9.90 Å². The smallest absolute Gasteiger partial charge is 0.251 e. The molecule has 2 rings (SSSR count). The molecule has 0 spiro atoms. The Labute approximate surface area is 114 Å². The summed E-state index contributed by atoms with van der Waals surface area (Å²) in [5.74, 6) is -0.00450. The normalized spacial score (nSPS) is 17.4. The fraction of sp³-hybridized carbons (Fsp3) is 0.533. The van der Waals surface area contributed by atoms with Gasteiger partial charge < -0.3 is 15.3 Å². The summed E-state index contributed by atoms with van der Waals surface area (Å²) in [5, 5.41) is 12.4. The number of aryl methyl sites for hydroxylation is 1. The van der Waals surface area contributed by atoms with E-state index in [1.807, 2.05) is 31.2 Å². The zero-order chi connectivity index (χ0) is 13.7. The van der Waals surface area contributed by atoms with Crippen molar-refractivity contribution in [3.8, 4) is 0 Å². The van der Waals surface area contributed by atoms with Crippen molar-refractivity contribution in [1.82, 2.24) is 10.2 Å². The van der Waals surface area contributed by atoms with Crippen molar-refractivity contribution in [2.24, 2.45) is 0 Å². The number of hydrogen-bond acceptors (Lipinski definition) is 3. The lowest BCUT2D eigenvalue weighted by Gasteiger charge is -2.29. The predicted octanol–water partition coefficient (Wildman–Crippen LogP) is 1.18. The molecule has 104 valence electrons. The van der Waals surface area contributed by atoms with Crippen molar-refractivity contribution in [1.29, 1.82) is 0 Å². The van der Waals surface area contributed by atoms with Gasteiger partial charge in [0.05, 0.1) is 6.10 Å². The van der Waals surface area contributed by atoms with Crippen LogP contribution in [0, 0.1) is 6.92 Å². The van der Waals surface area contributed by atoms with E-state index >= 15 is 0 Å². The van der Waals surface area contributed by atoms with Gasteiger partial charge in [0.25, 0.3) is 5.91 Å². The van der Waals surface area contributed by atoms with Crippen molar-refractivity contribution in [3.05, 3.63) is 35.4 Å². The number of nitrogens with one attached hydrogen (secondary N) is 1. The number of benzene rings is 1. The molecule has 1 aromatic rings. The standard InChI is InChI=1S/C15H22N2O2/c1-12-4-2-3-5-14(12)15(19)16-8-11-17-9-6-13(18)7-10-17/h2-5,13,18H,6-11H2,1H3,(H,16,19). The number of piperidine rings is 1. The van der Waals surface area contributed by atoms with Gasteiger partial charge in [-0.25, -0.2) is 0 Å².